The van der Waals surface area contributed by atoms with E-state index in [4.69, 9.17) is 15.2 Å². The highest BCUT2D eigenvalue weighted by Gasteiger charge is 2.18. The van der Waals surface area contributed by atoms with Crippen molar-refractivity contribution in [2.75, 3.05) is 31.8 Å². The van der Waals surface area contributed by atoms with Crippen LogP contribution in [0, 0.1) is 0 Å². The molecule has 6 nitrogen and oxygen atoms in total. The maximum Gasteiger partial charge on any atom is 0.203 e. The molecule has 0 bridgehead atoms. The summed E-state index contributed by atoms with van der Waals surface area (Å²) in [5.41, 5.74) is 5.37. The molecule has 0 fully saturated rings. The molecule has 0 saturated heterocycles. The molecule has 0 radical (unpaired) electrons. The molecule has 16 heavy (non-hydrogen) atoms. The van der Waals surface area contributed by atoms with Crippen LogP contribution in [0.5, 0.6) is 5.75 Å². The Morgan fingerprint density at radius 2 is 2.06 bits per heavy atom. The molecule has 90 valence electrons. The van der Waals surface area contributed by atoms with Crippen molar-refractivity contribution in [3.8, 4) is 5.75 Å². The van der Waals surface area contributed by atoms with E-state index in [1.165, 1.54) is 13.4 Å². The van der Waals surface area contributed by atoms with Crippen LogP contribution < -0.4 is 15.8 Å². The number of anilines is 2. The van der Waals surface area contributed by atoms with Crippen LogP contribution in [-0.2, 0) is 4.74 Å². The predicted octanol–water partition coefficient (Wildman–Crippen LogP) is 0.904. The van der Waals surface area contributed by atoms with Crippen molar-refractivity contribution in [1.29, 1.82) is 0 Å². The van der Waals surface area contributed by atoms with Crippen molar-refractivity contribution < 1.29 is 9.47 Å². The number of nitrogens with zero attached hydrogens (tertiary/aromatic N) is 2. The van der Waals surface area contributed by atoms with Crippen LogP contribution in [0.2, 0.25) is 0 Å². The zero-order valence-corrected chi connectivity index (χ0v) is 10.1. The van der Waals surface area contributed by atoms with Crippen LogP contribution in [0.3, 0.4) is 0 Å². The summed E-state index contributed by atoms with van der Waals surface area (Å²) < 4.78 is 10.4. The zero-order valence-electron chi connectivity index (χ0n) is 10.1. The Hall–Kier alpha value is -1.56. The van der Waals surface area contributed by atoms with E-state index in [0.29, 0.717) is 23.9 Å². The number of ether oxygens (including phenoxy) is 2. The maximum atomic E-state index is 5.66. The number of nitrogens with two attached hydrogens (primary N) is 1. The molecule has 0 aliphatic heterocycles. The Morgan fingerprint density at radius 1 is 1.38 bits per heavy atom. The van der Waals surface area contributed by atoms with Gasteiger partial charge in [-0.25, -0.2) is 9.97 Å². The number of nitrogen functional groups attached to an aromatic ring is 1. The van der Waals surface area contributed by atoms with Gasteiger partial charge in [0.25, 0.3) is 0 Å². The van der Waals surface area contributed by atoms with E-state index in [1.807, 2.05) is 13.8 Å². The van der Waals surface area contributed by atoms with Gasteiger partial charge in [-0.2, -0.15) is 0 Å². The molecule has 3 N–H and O–H groups in total. The lowest BCUT2D eigenvalue weighted by molar-refractivity contribution is 0.0343. The SMILES string of the molecule is COc1c(N)ncnc1NCC(C)(C)OC. The molecule has 1 aromatic heterocycles. The standard InChI is InChI=1S/C10H18N4O2/c1-10(2,16-4)5-12-9-7(15-3)8(11)13-6-14-9/h6H,5H2,1-4H3,(H3,11,12,13,14). The number of hydrogen-bond donors (Lipinski definition) is 2. The number of hydrogen-bond acceptors (Lipinski definition) is 6. The van der Waals surface area contributed by atoms with Gasteiger partial charge in [0, 0.05) is 13.7 Å². The normalized spacial score (nSPS) is 11.2. The Kier molecular flexibility index (Phi) is 3.89. The van der Waals surface area contributed by atoms with E-state index in [9.17, 15) is 0 Å². The predicted molar refractivity (Wildman–Crippen MR) is 62.6 cm³/mol. The Bertz CT molecular complexity index is 355. The topological polar surface area (TPSA) is 82.3 Å². The quantitative estimate of drug-likeness (QED) is 0.776. The fourth-order valence-electron chi connectivity index (χ4n) is 1.08. The molecule has 1 heterocycles. The minimum atomic E-state index is -0.287. The molecule has 0 aliphatic carbocycles. The van der Waals surface area contributed by atoms with Crippen LogP contribution in [-0.4, -0.2) is 36.3 Å². The summed E-state index contributed by atoms with van der Waals surface area (Å²) in [5, 5.41) is 3.12. The number of nitrogens with one attached hydrogen (secondary N) is 1. The second-order valence-corrected chi connectivity index (χ2v) is 3.96. The highest BCUT2D eigenvalue weighted by Crippen LogP contribution is 2.26. The van der Waals surface area contributed by atoms with Gasteiger partial charge >= 0.3 is 0 Å². The van der Waals surface area contributed by atoms with E-state index >= 15 is 0 Å². The van der Waals surface area contributed by atoms with Gasteiger partial charge in [-0.05, 0) is 13.8 Å². The van der Waals surface area contributed by atoms with Crippen molar-refractivity contribution in [3.05, 3.63) is 6.33 Å². The molecule has 1 rings (SSSR count). The van der Waals surface area contributed by atoms with Gasteiger partial charge in [0.1, 0.15) is 6.33 Å². The number of rotatable bonds is 5. The highest BCUT2D eigenvalue weighted by molar-refractivity contribution is 5.61. The fourth-order valence-corrected chi connectivity index (χ4v) is 1.08. The first-order valence-electron chi connectivity index (χ1n) is 4.93. The molecule has 0 spiro atoms. The van der Waals surface area contributed by atoms with Crippen LogP contribution in [0.1, 0.15) is 13.8 Å². The Morgan fingerprint density at radius 3 is 2.62 bits per heavy atom. The van der Waals surface area contributed by atoms with Crippen LogP contribution in [0.4, 0.5) is 11.6 Å². The van der Waals surface area contributed by atoms with Gasteiger partial charge < -0.3 is 20.5 Å². The summed E-state index contributed by atoms with van der Waals surface area (Å²) in [4.78, 5) is 7.91. The summed E-state index contributed by atoms with van der Waals surface area (Å²) in [6.45, 7) is 4.53. The van der Waals surface area contributed by atoms with Gasteiger partial charge in [0.05, 0.1) is 12.7 Å². The summed E-state index contributed by atoms with van der Waals surface area (Å²) in [6, 6.07) is 0. The van der Waals surface area contributed by atoms with E-state index in [0.717, 1.165) is 0 Å². The smallest absolute Gasteiger partial charge is 0.203 e. The summed E-state index contributed by atoms with van der Waals surface area (Å²) in [5.74, 6) is 1.34. The Balaban J connectivity index is 2.78. The minimum Gasteiger partial charge on any atom is -0.490 e. The first-order valence-corrected chi connectivity index (χ1v) is 4.93. The van der Waals surface area contributed by atoms with Gasteiger partial charge in [-0.15, -0.1) is 0 Å². The fraction of sp³-hybridized carbons (Fsp3) is 0.600. The lowest BCUT2D eigenvalue weighted by Gasteiger charge is -2.23. The molecule has 0 aromatic carbocycles. The third kappa shape index (κ3) is 2.96. The molecule has 6 heteroatoms. The molecular formula is C10H18N4O2. The lowest BCUT2D eigenvalue weighted by atomic mass is 10.1. The largest absolute Gasteiger partial charge is 0.490 e. The van der Waals surface area contributed by atoms with Gasteiger partial charge in [-0.1, -0.05) is 0 Å². The van der Waals surface area contributed by atoms with E-state index < -0.39 is 0 Å². The molecule has 0 atom stereocenters. The molecule has 0 amide bonds. The highest BCUT2D eigenvalue weighted by atomic mass is 16.5. The van der Waals surface area contributed by atoms with E-state index in [-0.39, 0.29) is 5.60 Å². The van der Waals surface area contributed by atoms with Gasteiger partial charge in [0.2, 0.25) is 5.75 Å². The molecule has 1 aromatic rings. The number of methoxy groups -OCH3 is 2. The Labute approximate surface area is 95.2 Å². The van der Waals surface area contributed by atoms with E-state index in [2.05, 4.69) is 15.3 Å². The van der Waals surface area contributed by atoms with Crippen molar-refractivity contribution in [1.82, 2.24) is 9.97 Å². The molecular weight excluding hydrogens is 208 g/mol. The zero-order chi connectivity index (χ0) is 12.2. The lowest BCUT2D eigenvalue weighted by Crippen LogP contribution is -2.32. The van der Waals surface area contributed by atoms with Crippen molar-refractivity contribution in [2.24, 2.45) is 0 Å². The second kappa shape index (κ2) is 4.98. The summed E-state index contributed by atoms with van der Waals surface area (Å²) in [6.07, 6.45) is 1.39. The number of aromatic nitrogens is 2. The van der Waals surface area contributed by atoms with E-state index in [1.54, 1.807) is 7.11 Å². The average Bonchev–Trinajstić information content (AvgIpc) is 2.26. The van der Waals surface area contributed by atoms with Crippen LogP contribution in [0.15, 0.2) is 6.33 Å². The van der Waals surface area contributed by atoms with Gasteiger partial charge in [-0.3, -0.25) is 0 Å². The minimum absolute atomic E-state index is 0.287. The average molecular weight is 226 g/mol. The molecule has 0 aliphatic rings. The second-order valence-electron chi connectivity index (χ2n) is 3.96. The summed E-state index contributed by atoms with van der Waals surface area (Å²) >= 11 is 0. The first kappa shape index (κ1) is 12.5. The first-order chi connectivity index (χ1) is 7.50. The molecule has 0 unspecified atom stereocenters. The maximum absolute atomic E-state index is 5.66. The van der Waals surface area contributed by atoms with Gasteiger partial charge in [0.15, 0.2) is 11.6 Å². The van der Waals surface area contributed by atoms with Crippen molar-refractivity contribution in [2.45, 2.75) is 19.4 Å². The van der Waals surface area contributed by atoms with Crippen LogP contribution >= 0.6 is 0 Å². The van der Waals surface area contributed by atoms with Crippen LogP contribution in [0.25, 0.3) is 0 Å². The monoisotopic (exact) mass is 226 g/mol. The van der Waals surface area contributed by atoms with Crippen molar-refractivity contribution >= 4 is 11.6 Å². The third-order valence-corrected chi connectivity index (χ3v) is 2.27. The van der Waals surface area contributed by atoms with Crippen molar-refractivity contribution in [3.63, 3.8) is 0 Å². The molecule has 0 saturated carbocycles. The summed E-state index contributed by atoms with van der Waals surface area (Å²) in [7, 11) is 3.19. The third-order valence-electron chi connectivity index (χ3n) is 2.27.